The Kier molecular flexibility index (Phi) is 1.73. The lowest BCUT2D eigenvalue weighted by Gasteiger charge is -2.05. The van der Waals surface area contributed by atoms with Crippen LogP contribution in [0.15, 0.2) is 47.7 Å². The molecule has 3 heterocycles. The summed E-state index contributed by atoms with van der Waals surface area (Å²) in [6.07, 6.45) is 7.55. The van der Waals surface area contributed by atoms with Crippen LogP contribution in [-0.2, 0) is 0 Å². The molecule has 0 radical (unpaired) electrons. The van der Waals surface area contributed by atoms with E-state index in [1.54, 1.807) is 11.3 Å². The number of thiophene rings is 1. The van der Waals surface area contributed by atoms with E-state index in [0.29, 0.717) is 0 Å². The molecule has 0 aliphatic rings. The van der Waals surface area contributed by atoms with Crippen molar-refractivity contribution in [1.82, 2.24) is 9.97 Å². The molecule has 3 heteroatoms. The van der Waals surface area contributed by atoms with Gasteiger partial charge in [-0.25, -0.2) is 0 Å². The van der Waals surface area contributed by atoms with Gasteiger partial charge in [0.1, 0.15) is 0 Å². The van der Waals surface area contributed by atoms with Gasteiger partial charge in [0, 0.05) is 46.3 Å². The second kappa shape index (κ2) is 3.25. The smallest absolute Gasteiger partial charge is 0.0353 e. The van der Waals surface area contributed by atoms with Crippen molar-refractivity contribution in [2.45, 2.75) is 0 Å². The average Bonchev–Trinajstić information content (AvgIpc) is 2.89. The standard InChI is InChI=1S/C14H8N2S/c1-3-15-5-11-9(1)13-7-17-8-14(13)10-2-4-16-6-12(10)11/h1-8H. The Hall–Kier alpha value is -2.00. The van der Waals surface area contributed by atoms with Gasteiger partial charge in [-0.1, -0.05) is 0 Å². The molecule has 0 unspecified atom stereocenters. The van der Waals surface area contributed by atoms with Crippen LogP contribution in [-0.4, -0.2) is 9.97 Å². The third-order valence-electron chi connectivity index (χ3n) is 3.17. The van der Waals surface area contributed by atoms with E-state index in [1.807, 2.05) is 24.8 Å². The van der Waals surface area contributed by atoms with Gasteiger partial charge in [-0.3, -0.25) is 9.97 Å². The van der Waals surface area contributed by atoms with Crippen LogP contribution in [0.25, 0.3) is 32.3 Å². The van der Waals surface area contributed by atoms with E-state index < -0.39 is 0 Å². The Balaban J connectivity index is 2.48. The minimum Gasteiger partial charge on any atom is -0.264 e. The van der Waals surface area contributed by atoms with Crippen LogP contribution in [0.5, 0.6) is 0 Å². The second-order valence-electron chi connectivity index (χ2n) is 4.04. The zero-order valence-electron chi connectivity index (χ0n) is 8.92. The van der Waals surface area contributed by atoms with Crippen molar-refractivity contribution >= 4 is 43.7 Å². The van der Waals surface area contributed by atoms with Crippen molar-refractivity contribution < 1.29 is 0 Å². The van der Waals surface area contributed by atoms with Gasteiger partial charge in [0.2, 0.25) is 0 Å². The Morgan fingerprint density at radius 2 is 1.18 bits per heavy atom. The summed E-state index contributed by atoms with van der Waals surface area (Å²) in [5.74, 6) is 0. The molecular weight excluding hydrogens is 228 g/mol. The third-order valence-corrected chi connectivity index (χ3v) is 3.92. The molecule has 80 valence electrons. The highest BCUT2D eigenvalue weighted by atomic mass is 32.1. The predicted molar refractivity (Wildman–Crippen MR) is 72.4 cm³/mol. The van der Waals surface area contributed by atoms with Crippen LogP contribution in [0.3, 0.4) is 0 Å². The summed E-state index contributed by atoms with van der Waals surface area (Å²) >= 11 is 1.74. The molecule has 3 aromatic heterocycles. The molecule has 0 saturated heterocycles. The molecule has 0 fully saturated rings. The third kappa shape index (κ3) is 1.14. The molecule has 0 aliphatic carbocycles. The maximum Gasteiger partial charge on any atom is 0.0353 e. The highest BCUT2D eigenvalue weighted by Gasteiger charge is 2.08. The Bertz CT molecular complexity index is 779. The van der Waals surface area contributed by atoms with Crippen molar-refractivity contribution in [3.63, 3.8) is 0 Å². The van der Waals surface area contributed by atoms with Gasteiger partial charge in [0.25, 0.3) is 0 Å². The summed E-state index contributed by atoms with van der Waals surface area (Å²) in [4.78, 5) is 8.46. The van der Waals surface area contributed by atoms with Crippen LogP contribution >= 0.6 is 11.3 Å². The highest BCUT2D eigenvalue weighted by molar-refractivity contribution is 7.09. The van der Waals surface area contributed by atoms with Crippen LogP contribution in [0, 0.1) is 0 Å². The highest BCUT2D eigenvalue weighted by Crippen LogP contribution is 2.35. The van der Waals surface area contributed by atoms with Gasteiger partial charge in [-0.15, -0.1) is 0 Å². The lowest BCUT2D eigenvalue weighted by Crippen LogP contribution is -1.82. The monoisotopic (exact) mass is 236 g/mol. The average molecular weight is 236 g/mol. The van der Waals surface area contributed by atoms with E-state index >= 15 is 0 Å². The van der Waals surface area contributed by atoms with Crippen LogP contribution in [0.2, 0.25) is 0 Å². The summed E-state index contributed by atoms with van der Waals surface area (Å²) in [6.45, 7) is 0. The fourth-order valence-corrected chi connectivity index (χ4v) is 3.25. The maximum atomic E-state index is 4.23. The van der Waals surface area contributed by atoms with Gasteiger partial charge in [-0.05, 0) is 33.7 Å². The Morgan fingerprint density at radius 1 is 0.647 bits per heavy atom. The molecule has 0 aliphatic heterocycles. The molecule has 4 rings (SSSR count). The summed E-state index contributed by atoms with van der Waals surface area (Å²) < 4.78 is 0. The minimum absolute atomic E-state index is 1.18. The SMILES string of the molecule is c1cc2c(cn1)c1cnccc1c1cscc21. The zero-order valence-corrected chi connectivity index (χ0v) is 9.74. The summed E-state index contributed by atoms with van der Waals surface area (Å²) in [5, 5.41) is 11.9. The van der Waals surface area contributed by atoms with Gasteiger partial charge in [0.15, 0.2) is 0 Å². The minimum atomic E-state index is 1.18. The van der Waals surface area contributed by atoms with Crippen molar-refractivity contribution in [1.29, 1.82) is 0 Å². The molecule has 0 amide bonds. The zero-order chi connectivity index (χ0) is 11.2. The predicted octanol–water partition coefficient (Wildman–Crippen LogP) is 4.00. The van der Waals surface area contributed by atoms with E-state index in [2.05, 4.69) is 32.9 Å². The van der Waals surface area contributed by atoms with Crippen LogP contribution in [0.4, 0.5) is 0 Å². The van der Waals surface area contributed by atoms with Crippen LogP contribution < -0.4 is 0 Å². The van der Waals surface area contributed by atoms with E-state index in [-0.39, 0.29) is 0 Å². The van der Waals surface area contributed by atoms with Crippen molar-refractivity contribution in [2.75, 3.05) is 0 Å². The molecule has 1 aromatic carbocycles. The van der Waals surface area contributed by atoms with Gasteiger partial charge in [-0.2, -0.15) is 11.3 Å². The van der Waals surface area contributed by atoms with E-state index in [1.165, 1.54) is 32.3 Å². The number of pyridine rings is 2. The van der Waals surface area contributed by atoms with Gasteiger partial charge in [0.05, 0.1) is 0 Å². The first-order chi connectivity index (χ1) is 8.45. The normalized spacial score (nSPS) is 11.5. The summed E-state index contributed by atoms with van der Waals surface area (Å²) in [5.41, 5.74) is 0. The topological polar surface area (TPSA) is 25.8 Å². The molecule has 2 nitrogen and oxygen atoms in total. The molecule has 17 heavy (non-hydrogen) atoms. The number of hydrogen-bond donors (Lipinski definition) is 0. The first kappa shape index (κ1) is 9.07. The molecule has 0 bridgehead atoms. The molecule has 0 atom stereocenters. The molecule has 4 aromatic rings. The van der Waals surface area contributed by atoms with Gasteiger partial charge >= 0.3 is 0 Å². The first-order valence-corrected chi connectivity index (χ1v) is 6.35. The fraction of sp³-hybridized carbons (Fsp3) is 0. The second-order valence-corrected chi connectivity index (χ2v) is 4.79. The Labute approximate surface area is 102 Å². The molecule has 0 saturated carbocycles. The molecule has 0 N–H and O–H groups in total. The van der Waals surface area contributed by atoms with Crippen molar-refractivity contribution in [2.24, 2.45) is 0 Å². The first-order valence-electron chi connectivity index (χ1n) is 5.40. The van der Waals surface area contributed by atoms with E-state index in [4.69, 9.17) is 0 Å². The van der Waals surface area contributed by atoms with E-state index in [9.17, 15) is 0 Å². The van der Waals surface area contributed by atoms with E-state index in [0.717, 1.165) is 0 Å². The molecular formula is C14H8N2S. The molecule has 0 spiro atoms. The number of rotatable bonds is 0. The Morgan fingerprint density at radius 3 is 1.71 bits per heavy atom. The lowest BCUT2D eigenvalue weighted by molar-refractivity contribution is 1.35. The largest absolute Gasteiger partial charge is 0.264 e. The van der Waals surface area contributed by atoms with Gasteiger partial charge < -0.3 is 0 Å². The number of benzene rings is 1. The number of hydrogen-bond acceptors (Lipinski definition) is 3. The maximum absolute atomic E-state index is 4.23. The van der Waals surface area contributed by atoms with Crippen LogP contribution in [0.1, 0.15) is 0 Å². The number of aromatic nitrogens is 2. The quantitative estimate of drug-likeness (QED) is 0.431. The summed E-state index contributed by atoms with van der Waals surface area (Å²) in [7, 11) is 0. The summed E-state index contributed by atoms with van der Waals surface area (Å²) in [6, 6.07) is 4.16. The number of fused-ring (bicyclic) bond motifs is 6. The number of nitrogens with zero attached hydrogens (tertiary/aromatic N) is 2. The van der Waals surface area contributed by atoms with Crippen molar-refractivity contribution in [3.8, 4) is 0 Å². The van der Waals surface area contributed by atoms with Crippen molar-refractivity contribution in [3.05, 3.63) is 47.7 Å². The fourth-order valence-electron chi connectivity index (χ4n) is 2.40. The lowest BCUT2D eigenvalue weighted by atomic mass is 10.0.